The normalized spacial score (nSPS) is 11.2. The summed E-state index contributed by atoms with van der Waals surface area (Å²) in [5.74, 6) is 0.761. The summed E-state index contributed by atoms with van der Waals surface area (Å²) < 4.78 is 0. The van der Waals surface area contributed by atoms with Crippen molar-refractivity contribution in [3.63, 3.8) is 0 Å². The molecule has 6 nitrogen and oxygen atoms in total. The first-order valence-corrected chi connectivity index (χ1v) is 7.65. The summed E-state index contributed by atoms with van der Waals surface area (Å²) in [6, 6.07) is 1.77. The van der Waals surface area contributed by atoms with Gasteiger partial charge in [0.05, 0.1) is 12.2 Å². The predicted molar refractivity (Wildman–Crippen MR) is 82.4 cm³/mol. The van der Waals surface area contributed by atoms with E-state index in [1.165, 1.54) is 11.3 Å². The van der Waals surface area contributed by atoms with Crippen molar-refractivity contribution < 1.29 is 4.79 Å². The lowest BCUT2D eigenvalue weighted by Gasteiger charge is -2.21. The van der Waals surface area contributed by atoms with Crippen molar-refractivity contribution in [2.45, 2.75) is 20.4 Å². The third-order valence-corrected chi connectivity index (χ3v) is 3.58. The highest BCUT2D eigenvalue weighted by atomic mass is 32.1. The lowest BCUT2D eigenvalue weighted by Crippen LogP contribution is -2.35. The molecule has 0 aliphatic heterocycles. The second-order valence-corrected chi connectivity index (χ2v) is 6.10. The summed E-state index contributed by atoms with van der Waals surface area (Å²) in [6.07, 6.45) is 3.39. The number of carbonyl (C=O) groups excluding carboxylic acids is 1. The van der Waals surface area contributed by atoms with Crippen LogP contribution in [0.2, 0.25) is 0 Å². The van der Waals surface area contributed by atoms with Gasteiger partial charge < -0.3 is 5.73 Å². The molecule has 0 unspecified atom stereocenters. The van der Waals surface area contributed by atoms with Gasteiger partial charge in [0.25, 0.3) is 0 Å². The molecule has 0 saturated heterocycles. The number of aromatic nitrogens is 3. The second-order valence-electron chi connectivity index (χ2n) is 5.25. The lowest BCUT2D eigenvalue weighted by atomic mass is 10.2. The minimum Gasteiger partial charge on any atom is -0.369 e. The number of carbonyl (C=O) groups is 1. The molecule has 7 heteroatoms. The van der Waals surface area contributed by atoms with Gasteiger partial charge in [0.1, 0.15) is 0 Å². The zero-order valence-corrected chi connectivity index (χ0v) is 13.0. The fourth-order valence-corrected chi connectivity index (χ4v) is 2.80. The van der Waals surface area contributed by atoms with Crippen LogP contribution in [0.1, 0.15) is 19.5 Å². The Kier molecular flexibility index (Phi) is 5.35. The van der Waals surface area contributed by atoms with Gasteiger partial charge in [0.2, 0.25) is 5.91 Å². The standard InChI is InChI=1S/C14H19N5OS/c1-10(2)6-19(8-12(15)20)7-11-9-21-14(18-11)13-16-4-3-5-17-13/h3-5,9-10H,6-8H2,1-2H3,(H2,15,20). The van der Waals surface area contributed by atoms with Gasteiger partial charge >= 0.3 is 0 Å². The summed E-state index contributed by atoms with van der Waals surface area (Å²) in [6.45, 7) is 5.87. The smallest absolute Gasteiger partial charge is 0.231 e. The molecule has 2 N–H and O–H groups in total. The fourth-order valence-electron chi connectivity index (χ4n) is 2.04. The first kappa shape index (κ1) is 15.5. The van der Waals surface area contributed by atoms with Crippen molar-refractivity contribution in [2.24, 2.45) is 11.7 Å². The van der Waals surface area contributed by atoms with E-state index in [2.05, 4.69) is 28.8 Å². The van der Waals surface area contributed by atoms with E-state index in [0.29, 0.717) is 18.3 Å². The van der Waals surface area contributed by atoms with Gasteiger partial charge in [-0.3, -0.25) is 9.69 Å². The average Bonchev–Trinajstić information content (AvgIpc) is 2.86. The average molecular weight is 305 g/mol. The van der Waals surface area contributed by atoms with Crippen molar-refractivity contribution in [3.05, 3.63) is 29.5 Å². The Labute approximate surface area is 128 Å². The summed E-state index contributed by atoms with van der Waals surface area (Å²) in [5.41, 5.74) is 6.21. The first-order chi connectivity index (χ1) is 10.0. The number of rotatable bonds is 7. The minimum absolute atomic E-state index is 0.243. The molecular weight excluding hydrogens is 286 g/mol. The quantitative estimate of drug-likeness (QED) is 0.838. The van der Waals surface area contributed by atoms with E-state index in [1.807, 2.05) is 10.3 Å². The van der Waals surface area contributed by atoms with Crippen molar-refractivity contribution in [1.82, 2.24) is 19.9 Å². The van der Waals surface area contributed by atoms with Crippen LogP contribution < -0.4 is 5.73 Å². The van der Waals surface area contributed by atoms with E-state index in [0.717, 1.165) is 17.2 Å². The topological polar surface area (TPSA) is 85.0 Å². The highest BCUT2D eigenvalue weighted by molar-refractivity contribution is 7.13. The molecule has 112 valence electrons. The van der Waals surface area contributed by atoms with Crippen molar-refractivity contribution >= 4 is 17.2 Å². The van der Waals surface area contributed by atoms with E-state index in [-0.39, 0.29) is 12.5 Å². The van der Waals surface area contributed by atoms with E-state index in [4.69, 9.17) is 5.73 Å². The summed E-state index contributed by atoms with van der Waals surface area (Å²) in [7, 11) is 0. The largest absolute Gasteiger partial charge is 0.369 e. The molecule has 0 aliphatic rings. The number of amides is 1. The molecule has 0 radical (unpaired) electrons. The van der Waals surface area contributed by atoms with Gasteiger partial charge in [-0.25, -0.2) is 15.0 Å². The minimum atomic E-state index is -0.322. The van der Waals surface area contributed by atoms with Crippen LogP contribution >= 0.6 is 11.3 Å². The molecule has 21 heavy (non-hydrogen) atoms. The van der Waals surface area contributed by atoms with Gasteiger partial charge in [0.15, 0.2) is 10.8 Å². The van der Waals surface area contributed by atoms with Crippen LogP contribution in [0.4, 0.5) is 0 Å². The Hall–Kier alpha value is -1.86. The molecule has 2 aromatic heterocycles. The van der Waals surface area contributed by atoms with E-state index in [1.54, 1.807) is 18.5 Å². The monoisotopic (exact) mass is 305 g/mol. The summed E-state index contributed by atoms with van der Waals surface area (Å²) in [4.78, 5) is 26.1. The van der Waals surface area contributed by atoms with Gasteiger partial charge in [-0.2, -0.15) is 0 Å². The number of thiazole rings is 1. The second kappa shape index (κ2) is 7.24. The van der Waals surface area contributed by atoms with Gasteiger partial charge in [0, 0.05) is 30.9 Å². The molecular formula is C14H19N5OS. The number of hydrogen-bond donors (Lipinski definition) is 1. The van der Waals surface area contributed by atoms with Gasteiger partial charge in [-0.1, -0.05) is 13.8 Å². The van der Waals surface area contributed by atoms with Crippen LogP contribution in [-0.2, 0) is 11.3 Å². The fraction of sp³-hybridized carbons (Fsp3) is 0.429. The highest BCUT2D eigenvalue weighted by Gasteiger charge is 2.14. The predicted octanol–water partition coefficient (Wildman–Crippen LogP) is 1.54. The molecule has 0 aromatic carbocycles. The van der Waals surface area contributed by atoms with Gasteiger partial charge in [-0.05, 0) is 12.0 Å². The SMILES string of the molecule is CC(C)CN(CC(N)=O)Cc1csc(-c2ncccn2)n1. The molecule has 2 rings (SSSR count). The number of hydrogen-bond acceptors (Lipinski definition) is 6. The Bertz CT molecular complexity index is 584. The molecule has 2 aromatic rings. The van der Waals surface area contributed by atoms with Crippen LogP contribution in [0.25, 0.3) is 10.8 Å². The highest BCUT2D eigenvalue weighted by Crippen LogP contribution is 2.20. The third-order valence-electron chi connectivity index (χ3n) is 2.70. The molecule has 0 aliphatic carbocycles. The maximum Gasteiger partial charge on any atom is 0.231 e. The Morgan fingerprint density at radius 1 is 1.38 bits per heavy atom. The van der Waals surface area contributed by atoms with Crippen LogP contribution in [0, 0.1) is 5.92 Å². The number of nitrogens with two attached hydrogens (primary N) is 1. The number of primary amides is 1. The van der Waals surface area contributed by atoms with Crippen molar-refractivity contribution in [2.75, 3.05) is 13.1 Å². The molecule has 0 spiro atoms. The Morgan fingerprint density at radius 3 is 2.71 bits per heavy atom. The Morgan fingerprint density at radius 2 is 2.10 bits per heavy atom. The summed E-state index contributed by atoms with van der Waals surface area (Å²) in [5, 5.41) is 2.76. The molecule has 0 bridgehead atoms. The number of nitrogens with zero attached hydrogens (tertiary/aromatic N) is 4. The zero-order chi connectivity index (χ0) is 15.2. The maximum atomic E-state index is 11.2. The van der Waals surface area contributed by atoms with Crippen LogP contribution in [-0.4, -0.2) is 38.8 Å². The van der Waals surface area contributed by atoms with Crippen LogP contribution in [0.5, 0.6) is 0 Å². The van der Waals surface area contributed by atoms with Crippen LogP contribution in [0.3, 0.4) is 0 Å². The molecule has 0 atom stereocenters. The van der Waals surface area contributed by atoms with Crippen molar-refractivity contribution in [3.8, 4) is 10.8 Å². The lowest BCUT2D eigenvalue weighted by molar-refractivity contribution is -0.119. The Balaban J connectivity index is 2.07. The molecule has 0 fully saturated rings. The zero-order valence-electron chi connectivity index (χ0n) is 12.2. The van der Waals surface area contributed by atoms with Gasteiger partial charge in [-0.15, -0.1) is 11.3 Å². The maximum absolute atomic E-state index is 11.2. The molecule has 1 amide bonds. The van der Waals surface area contributed by atoms with E-state index < -0.39 is 0 Å². The summed E-state index contributed by atoms with van der Waals surface area (Å²) >= 11 is 1.50. The van der Waals surface area contributed by atoms with E-state index in [9.17, 15) is 4.79 Å². The molecule has 0 saturated carbocycles. The third kappa shape index (κ3) is 4.87. The van der Waals surface area contributed by atoms with Crippen molar-refractivity contribution in [1.29, 1.82) is 0 Å². The molecule has 2 heterocycles. The van der Waals surface area contributed by atoms with Crippen LogP contribution in [0.15, 0.2) is 23.8 Å². The first-order valence-electron chi connectivity index (χ1n) is 6.77. The van der Waals surface area contributed by atoms with E-state index >= 15 is 0 Å².